The second kappa shape index (κ2) is 5.91. The zero-order valence-electron chi connectivity index (χ0n) is 10.4. The molecule has 4 heteroatoms. The van der Waals surface area contributed by atoms with Crippen LogP contribution in [-0.4, -0.2) is 23.3 Å². The van der Waals surface area contributed by atoms with E-state index in [-0.39, 0.29) is 6.04 Å². The van der Waals surface area contributed by atoms with Crippen molar-refractivity contribution >= 4 is 6.21 Å². The molecular weight excluding hydrogens is 226 g/mol. The van der Waals surface area contributed by atoms with Crippen molar-refractivity contribution in [2.75, 3.05) is 7.11 Å². The topological polar surface area (TPSA) is 47.4 Å². The molecule has 0 amide bonds. The Labute approximate surface area is 106 Å². The number of hydrogen-bond donors (Lipinski definition) is 0. The van der Waals surface area contributed by atoms with E-state index < -0.39 is 0 Å². The first-order chi connectivity index (χ1) is 8.81. The Morgan fingerprint density at radius 2 is 1.94 bits per heavy atom. The molecular formula is C14H15N3O. The molecule has 2 aromatic rings. The molecule has 0 fully saturated rings. The summed E-state index contributed by atoms with van der Waals surface area (Å²) in [4.78, 5) is 12.4. The molecule has 1 aromatic heterocycles. The largest absolute Gasteiger partial charge is 0.496 e. The lowest BCUT2D eigenvalue weighted by atomic mass is 10.1. The van der Waals surface area contributed by atoms with Gasteiger partial charge in [0.1, 0.15) is 12.1 Å². The maximum Gasteiger partial charge on any atom is 0.124 e. The molecule has 4 nitrogen and oxygen atoms in total. The molecule has 1 unspecified atom stereocenters. The summed E-state index contributed by atoms with van der Waals surface area (Å²) < 4.78 is 5.32. The molecule has 18 heavy (non-hydrogen) atoms. The van der Waals surface area contributed by atoms with Gasteiger partial charge in [-0.05, 0) is 13.0 Å². The zero-order chi connectivity index (χ0) is 12.8. The Balaban J connectivity index is 2.17. The molecule has 0 saturated heterocycles. The quantitative estimate of drug-likeness (QED) is 0.773. The zero-order valence-corrected chi connectivity index (χ0v) is 10.4. The minimum absolute atomic E-state index is 0.0290. The van der Waals surface area contributed by atoms with E-state index in [0.29, 0.717) is 0 Å². The summed E-state index contributed by atoms with van der Waals surface area (Å²) in [6.07, 6.45) is 6.73. The number of ether oxygens (including phenoxy) is 1. The molecule has 0 radical (unpaired) electrons. The number of hydrogen-bond acceptors (Lipinski definition) is 4. The van der Waals surface area contributed by atoms with E-state index in [9.17, 15) is 0 Å². The van der Waals surface area contributed by atoms with Gasteiger partial charge in [0.25, 0.3) is 0 Å². The van der Waals surface area contributed by atoms with Gasteiger partial charge in [0.05, 0.1) is 13.2 Å². The number of rotatable bonds is 4. The van der Waals surface area contributed by atoms with Crippen molar-refractivity contribution < 1.29 is 4.74 Å². The fourth-order valence-electron chi connectivity index (χ4n) is 1.67. The van der Waals surface area contributed by atoms with Gasteiger partial charge in [-0.3, -0.25) is 4.99 Å². The summed E-state index contributed by atoms with van der Waals surface area (Å²) in [7, 11) is 1.67. The summed E-state index contributed by atoms with van der Waals surface area (Å²) in [6.45, 7) is 2.03. The van der Waals surface area contributed by atoms with E-state index in [0.717, 1.165) is 16.9 Å². The highest BCUT2D eigenvalue weighted by molar-refractivity contribution is 5.78. The monoisotopic (exact) mass is 241 g/mol. The van der Waals surface area contributed by atoms with Crippen LogP contribution < -0.4 is 4.74 Å². The first-order valence-corrected chi connectivity index (χ1v) is 5.72. The van der Waals surface area contributed by atoms with Crippen LogP contribution in [0.15, 0.2) is 48.0 Å². The van der Waals surface area contributed by atoms with Gasteiger partial charge < -0.3 is 4.74 Å². The minimum atomic E-state index is 0.0290. The summed E-state index contributed by atoms with van der Waals surface area (Å²) in [5, 5.41) is 0. The Bertz CT molecular complexity index is 526. The number of aromatic nitrogens is 2. The summed E-state index contributed by atoms with van der Waals surface area (Å²) >= 11 is 0. The normalized spacial score (nSPS) is 12.6. The highest BCUT2D eigenvalue weighted by Crippen LogP contribution is 2.26. The molecule has 0 spiro atoms. The van der Waals surface area contributed by atoms with Gasteiger partial charge in [-0.1, -0.05) is 18.2 Å². The number of benzene rings is 1. The van der Waals surface area contributed by atoms with Crippen LogP contribution in [0, 0.1) is 0 Å². The third-order valence-corrected chi connectivity index (χ3v) is 2.62. The van der Waals surface area contributed by atoms with E-state index in [1.54, 1.807) is 25.7 Å². The standard InChI is InChI=1S/C14H15N3O/c1-11(13-5-3-4-6-14(13)18-2)17-9-12-7-15-10-16-8-12/h3-11H,1-2H3/b17-9+. The second-order valence-electron chi connectivity index (χ2n) is 3.87. The predicted molar refractivity (Wildman–Crippen MR) is 71.0 cm³/mol. The lowest BCUT2D eigenvalue weighted by Gasteiger charge is -2.11. The number of methoxy groups -OCH3 is 1. The number of aliphatic imine (C=N–C) groups is 1. The minimum Gasteiger partial charge on any atom is -0.496 e. The third-order valence-electron chi connectivity index (χ3n) is 2.62. The molecule has 92 valence electrons. The Morgan fingerprint density at radius 1 is 1.22 bits per heavy atom. The highest BCUT2D eigenvalue weighted by Gasteiger charge is 2.08. The fraction of sp³-hybridized carbons (Fsp3) is 0.214. The lowest BCUT2D eigenvalue weighted by Crippen LogP contribution is -1.96. The van der Waals surface area contributed by atoms with Crippen molar-refractivity contribution in [3.63, 3.8) is 0 Å². The summed E-state index contributed by atoms with van der Waals surface area (Å²) in [5.74, 6) is 0.853. The molecule has 1 atom stereocenters. The van der Waals surface area contributed by atoms with Crippen LogP contribution >= 0.6 is 0 Å². The van der Waals surface area contributed by atoms with Crippen molar-refractivity contribution in [2.45, 2.75) is 13.0 Å². The molecule has 1 heterocycles. The number of nitrogens with zero attached hydrogens (tertiary/aromatic N) is 3. The van der Waals surface area contributed by atoms with Gasteiger partial charge in [-0.2, -0.15) is 0 Å². The average Bonchev–Trinajstić information content (AvgIpc) is 2.45. The first kappa shape index (κ1) is 12.2. The van der Waals surface area contributed by atoms with Gasteiger partial charge >= 0.3 is 0 Å². The summed E-state index contributed by atoms with van der Waals surface area (Å²) in [5.41, 5.74) is 1.95. The molecule has 0 aliphatic rings. The van der Waals surface area contributed by atoms with Gasteiger partial charge in [0.15, 0.2) is 0 Å². The van der Waals surface area contributed by atoms with Crippen LogP contribution in [0.5, 0.6) is 5.75 Å². The van der Waals surface area contributed by atoms with Gasteiger partial charge in [-0.25, -0.2) is 9.97 Å². The Hall–Kier alpha value is -2.23. The second-order valence-corrected chi connectivity index (χ2v) is 3.87. The van der Waals surface area contributed by atoms with E-state index in [1.807, 2.05) is 31.2 Å². The smallest absolute Gasteiger partial charge is 0.124 e. The molecule has 0 aliphatic carbocycles. The Kier molecular flexibility index (Phi) is 4.02. The maximum absolute atomic E-state index is 5.32. The molecule has 2 rings (SSSR count). The molecule has 0 aliphatic heterocycles. The average molecular weight is 241 g/mol. The van der Waals surface area contributed by atoms with Gasteiger partial charge in [0.2, 0.25) is 0 Å². The molecule has 0 N–H and O–H groups in total. The SMILES string of the molecule is COc1ccccc1C(C)/N=C/c1cncnc1. The van der Waals surface area contributed by atoms with E-state index in [2.05, 4.69) is 15.0 Å². The lowest BCUT2D eigenvalue weighted by molar-refractivity contribution is 0.407. The van der Waals surface area contributed by atoms with Crippen LogP contribution in [-0.2, 0) is 0 Å². The third kappa shape index (κ3) is 2.91. The van der Waals surface area contributed by atoms with E-state index in [4.69, 9.17) is 4.74 Å². The van der Waals surface area contributed by atoms with Gasteiger partial charge in [-0.15, -0.1) is 0 Å². The van der Waals surface area contributed by atoms with Crippen LogP contribution in [0.25, 0.3) is 0 Å². The first-order valence-electron chi connectivity index (χ1n) is 5.72. The highest BCUT2D eigenvalue weighted by atomic mass is 16.5. The molecule has 0 bridgehead atoms. The molecule has 1 aromatic carbocycles. The van der Waals surface area contributed by atoms with Crippen LogP contribution in [0.3, 0.4) is 0 Å². The van der Waals surface area contributed by atoms with Crippen LogP contribution in [0.2, 0.25) is 0 Å². The maximum atomic E-state index is 5.32. The Morgan fingerprint density at radius 3 is 2.67 bits per heavy atom. The van der Waals surface area contributed by atoms with Crippen LogP contribution in [0.1, 0.15) is 24.1 Å². The summed E-state index contributed by atoms with van der Waals surface area (Å²) in [6, 6.07) is 7.91. The van der Waals surface area contributed by atoms with Crippen molar-refractivity contribution in [1.82, 2.24) is 9.97 Å². The van der Waals surface area contributed by atoms with E-state index >= 15 is 0 Å². The molecule has 0 saturated carbocycles. The van der Waals surface area contributed by atoms with Crippen LogP contribution in [0.4, 0.5) is 0 Å². The van der Waals surface area contributed by atoms with Crippen molar-refractivity contribution in [1.29, 1.82) is 0 Å². The van der Waals surface area contributed by atoms with Crippen molar-refractivity contribution in [3.8, 4) is 5.75 Å². The predicted octanol–water partition coefficient (Wildman–Crippen LogP) is 2.67. The number of para-hydroxylation sites is 1. The van der Waals surface area contributed by atoms with E-state index in [1.165, 1.54) is 6.33 Å². The fourth-order valence-corrected chi connectivity index (χ4v) is 1.67. The van der Waals surface area contributed by atoms with Crippen molar-refractivity contribution in [2.24, 2.45) is 4.99 Å². The van der Waals surface area contributed by atoms with Crippen molar-refractivity contribution in [3.05, 3.63) is 54.1 Å². The van der Waals surface area contributed by atoms with Gasteiger partial charge in [0, 0.05) is 29.7 Å².